The molecule has 0 saturated carbocycles. The van der Waals surface area contributed by atoms with Crippen molar-refractivity contribution >= 4 is 17.8 Å². The zero-order valence-electron chi connectivity index (χ0n) is 16.0. The van der Waals surface area contributed by atoms with Gasteiger partial charge in [-0.3, -0.25) is 14.5 Å². The van der Waals surface area contributed by atoms with E-state index in [9.17, 15) is 24.6 Å². The van der Waals surface area contributed by atoms with Crippen LogP contribution >= 0.6 is 0 Å². The third-order valence-electron chi connectivity index (χ3n) is 5.74. The molecular weight excluding hydrogens is 348 g/mol. The van der Waals surface area contributed by atoms with Crippen LogP contribution in [0.1, 0.15) is 45.7 Å². The maximum atomic E-state index is 13.1. The third-order valence-corrected chi connectivity index (χ3v) is 5.74. The first-order chi connectivity index (χ1) is 12.6. The largest absolute Gasteiger partial charge is 0.544 e. The quantitative estimate of drug-likeness (QED) is 0.678. The number of carboxylic acids is 1. The molecule has 0 radical (unpaired) electrons. The van der Waals surface area contributed by atoms with Crippen LogP contribution in [0.3, 0.4) is 0 Å². The lowest BCUT2D eigenvalue weighted by atomic mass is 9.75. The Morgan fingerprint density at radius 2 is 1.85 bits per heavy atom. The standard InChI is InChI=1S/C20H26N2O5/c1-10(2)9-20(19(26)27)15-14(17(24)22(11(3)4)18(15)25)16(21-20)12-7-5-6-8-13(12)23/h5-8,10-11,14-16,21,23H,9H2,1-4H3,(H,26,27)/t14-,15-,16-,20-/m0/s1. The van der Waals surface area contributed by atoms with Gasteiger partial charge >= 0.3 is 0 Å². The number of amides is 2. The number of para-hydroxylation sites is 1. The van der Waals surface area contributed by atoms with Crippen molar-refractivity contribution in [1.82, 2.24) is 4.90 Å². The SMILES string of the molecule is CC(C)C[C@]1(C(=O)[O-])[NH2+][C@@H](c2ccccc2O)[C@H]2C(=O)N(C(C)C)C(=O)[C@H]21. The molecule has 0 spiro atoms. The highest BCUT2D eigenvalue weighted by atomic mass is 16.4. The predicted octanol–water partition coefficient (Wildman–Crippen LogP) is -0.445. The van der Waals surface area contributed by atoms with Gasteiger partial charge in [0.25, 0.3) is 0 Å². The number of nitrogens with zero attached hydrogens (tertiary/aromatic N) is 1. The highest BCUT2D eigenvalue weighted by Crippen LogP contribution is 2.47. The van der Waals surface area contributed by atoms with E-state index in [0.29, 0.717) is 5.56 Å². The van der Waals surface area contributed by atoms with Crippen LogP contribution in [0.25, 0.3) is 0 Å². The van der Waals surface area contributed by atoms with Gasteiger partial charge in [-0.15, -0.1) is 0 Å². The van der Waals surface area contributed by atoms with E-state index in [0.717, 1.165) is 0 Å². The van der Waals surface area contributed by atoms with Crippen molar-refractivity contribution in [3.05, 3.63) is 29.8 Å². The normalized spacial score (nSPS) is 30.4. The number of imide groups is 1. The molecule has 4 atom stereocenters. The summed E-state index contributed by atoms with van der Waals surface area (Å²) < 4.78 is 0. The molecule has 2 amide bonds. The van der Waals surface area contributed by atoms with Crippen LogP contribution in [0.15, 0.2) is 24.3 Å². The van der Waals surface area contributed by atoms with E-state index >= 15 is 0 Å². The van der Waals surface area contributed by atoms with Crippen molar-refractivity contribution in [1.29, 1.82) is 0 Å². The molecule has 7 heteroatoms. The summed E-state index contributed by atoms with van der Waals surface area (Å²) in [5, 5.41) is 24.2. The molecule has 2 aliphatic heterocycles. The summed E-state index contributed by atoms with van der Waals surface area (Å²) >= 11 is 0. The molecule has 0 aromatic heterocycles. The van der Waals surface area contributed by atoms with Gasteiger partial charge in [0.15, 0.2) is 0 Å². The highest BCUT2D eigenvalue weighted by molar-refractivity contribution is 6.08. The molecular formula is C20H26N2O5. The van der Waals surface area contributed by atoms with E-state index in [1.165, 1.54) is 11.0 Å². The number of carbonyl (C=O) groups excluding carboxylic acids is 3. The van der Waals surface area contributed by atoms with Crippen LogP contribution in [-0.4, -0.2) is 39.4 Å². The maximum absolute atomic E-state index is 13.1. The summed E-state index contributed by atoms with van der Waals surface area (Å²) in [5.41, 5.74) is -1.08. The molecule has 7 nitrogen and oxygen atoms in total. The van der Waals surface area contributed by atoms with Gasteiger partial charge in [0.1, 0.15) is 35.1 Å². The number of hydrogen-bond acceptors (Lipinski definition) is 5. The van der Waals surface area contributed by atoms with E-state index in [1.807, 2.05) is 13.8 Å². The number of carbonyl (C=O) groups is 3. The monoisotopic (exact) mass is 374 g/mol. The number of phenolic OH excluding ortho intramolecular Hbond substituents is 1. The van der Waals surface area contributed by atoms with E-state index in [-0.39, 0.29) is 30.0 Å². The molecule has 3 rings (SSSR count). The number of quaternary nitrogens is 1. The molecule has 0 unspecified atom stereocenters. The number of benzene rings is 1. The Labute approximate surface area is 158 Å². The van der Waals surface area contributed by atoms with Crippen LogP contribution in [0.5, 0.6) is 5.75 Å². The molecule has 146 valence electrons. The van der Waals surface area contributed by atoms with Crippen molar-refractivity contribution in [3.8, 4) is 5.75 Å². The lowest BCUT2D eigenvalue weighted by Gasteiger charge is -2.34. The van der Waals surface area contributed by atoms with Crippen LogP contribution < -0.4 is 10.4 Å². The molecule has 2 fully saturated rings. The number of likely N-dealkylation sites (tertiary alicyclic amines) is 1. The molecule has 0 aliphatic carbocycles. The molecule has 2 aliphatic rings. The van der Waals surface area contributed by atoms with Crippen molar-refractivity contribution in [2.75, 3.05) is 0 Å². The molecule has 1 aromatic rings. The van der Waals surface area contributed by atoms with E-state index in [4.69, 9.17) is 0 Å². The zero-order chi connectivity index (χ0) is 20.1. The Morgan fingerprint density at radius 3 is 2.37 bits per heavy atom. The number of hydrogen-bond donors (Lipinski definition) is 2. The maximum Gasteiger partial charge on any atom is 0.240 e. The molecule has 2 saturated heterocycles. The molecule has 2 heterocycles. The van der Waals surface area contributed by atoms with Gasteiger partial charge in [-0.25, -0.2) is 0 Å². The Morgan fingerprint density at radius 1 is 1.22 bits per heavy atom. The first kappa shape index (κ1) is 19.4. The van der Waals surface area contributed by atoms with Gasteiger partial charge in [-0.1, -0.05) is 26.0 Å². The van der Waals surface area contributed by atoms with Gasteiger partial charge in [0, 0.05) is 12.5 Å². The molecule has 1 aromatic carbocycles. The predicted molar refractivity (Wildman–Crippen MR) is 93.9 cm³/mol. The van der Waals surface area contributed by atoms with Gasteiger partial charge in [0.05, 0.1) is 5.56 Å². The second kappa shape index (κ2) is 6.64. The average Bonchev–Trinajstić information content (AvgIpc) is 3.03. The second-order valence-corrected chi connectivity index (χ2v) is 8.32. The minimum atomic E-state index is -1.54. The van der Waals surface area contributed by atoms with Crippen molar-refractivity contribution in [2.45, 2.75) is 51.7 Å². The number of carboxylic acid groups (broad SMARTS) is 1. The lowest BCUT2D eigenvalue weighted by molar-refractivity contribution is -0.740. The summed E-state index contributed by atoms with van der Waals surface area (Å²) in [5.74, 6) is -4.06. The average molecular weight is 374 g/mol. The number of aromatic hydroxyl groups is 1. The van der Waals surface area contributed by atoms with Gasteiger partial charge in [-0.05, 0) is 31.9 Å². The Balaban J connectivity index is 2.19. The number of phenols is 1. The topological polar surface area (TPSA) is 114 Å². The van der Waals surface area contributed by atoms with E-state index in [2.05, 4.69) is 0 Å². The summed E-state index contributed by atoms with van der Waals surface area (Å²) in [6.45, 7) is 7.22. The van der Waals surface area contributed by atoms with Crippen molar-refractivity contribution in [3.63, 3.8) is 0 Å². The fourth-order valence-corrected chi connectivity index (χ4v) is 4.86. The zero-order valence-corrected chi connectivity index (χ0v) is 16.0. The number of aliphatic carboxylic acids is 1. The smallest absolute Gasteiger partial charge is 0.240 e. The van der Waals surface area contributed by atoms with Crippen LogP contribution in [-0.2, 0) is 14.4 Å². The summed E-state index contributed by atoms with van der Waals surface area (Å²) in [4.78, 5) is 39.7. The first-order valence-corrected chi connectivity index (χ1v) is 9.34. The van der Waals surface area contributed by atoms with Crippen LogP contribution in [0.2, 0.25) is 0 Å². The Bertz CT molecular complexity index is 790. The fourth-order valence-electron chi connectivity index (χ4n) is 4.86. The van der Waals surface area contributed by atoms with Gasteiger partial charge < -0.3 is 20.3 Å². The van der Waals surface area contributed by atoms with Crippen LogP contribution in [0.4, 0.5) is 0 Å². The number of rotatable bonds is 5. The number of nitrogens with two attached hydrogens (primary N) is 1. The van der Waals surface area contributed by atoms with Crippen molar-refractivity contribution < 1.29 is 29.9 Å². The van der Waals surface area contributed by atoms with Gasteiger partial charge in [-0.2, -0.15) is 0 Å². The van der Waals surface area contributed by atoms with Crippen LogP contribution in [0, 0.1) is 17.8 Å². The lowest BCUT2D eigenvalue weighted by Crippen LogP contribution is -2.99. The second-order valence-electron chi connectivity index (χ2n) is 8.32. The number of fused-ring (bicyclic) bond motifs is 1. The minimum absolute atomic E-state index is 0.0144. The van der Waals surface area contributed by atoms with Crippen molar-refractivity contribution in [2.24, 2.45) is 17.8 Å². The van der Waals surface area contributed by atoms with Gasteiger partial charge in [0.2, 0.25) is 11.8 Å². The summed E-state index contributed by atoms with van der Waals surface area (Å²) in [6, 6.07) is 5.53. The summed E-state index contributed by atoms with van der Waals surface area (Å²) in [6.07, 6.45) is 0.200. The minimum Gasteiger partial charge on any atom is -0.544 e. The Hall–Kier alpha value is -2.41. The molecule has 0 bridgehead atoms. The fraction of sp³-hybridized carbons (Fsp3) is 0.550. The third kappa shape index (κ3) is 2.81. The molecule has 3 N–H and O–H groups in total. The summed E-state index contributed by atoms with van der Waals surface area (Å²) in [7, 11) is 0. The Kier molecular flexibility index (Phi) is 4.76. The first-order valence-electron chi connectivity index (χ1n) is 9.34. The highest BCUT2D eigenvalue weighted by Gasteiger charge is 2.70. The van der Waals surface area contributed by atoms with E-state index < -0.39 is 35.3 Å². The van der Waals surface area contributed by atoms with E-state index in [1.54, 1.807) is 37.4 Å². The molecule has 27 heavy (non-hydrogen) atoms.